The van der Waals surface area contributed by atoms with Crippen molar-refractivity contribution in [2.75, 3.05) is 13.1 Å². The number of carbonyl (C=O) groups excluding carboxylic acids is 1. The zero-order valence-electron chi connectivity index (χ0n) is 11.1. The standard InChI is InChI=1S/C15H18FNO3/c16-13-4-2-1-3-12(13)14(19)15(20)17-7-9-5-11(18)6-10(9)8-17/h1-4,9-11,14,18-19H,5-8H2/t9-,10+,11?,14?. The third-order valence-corrected chi connectivity index (χ3v) is 4.47. The lowest BCUT2D eigenvalue weighted by atomic mass is 10.0. The van der Waals surface area contributed by atoms with Crippen LogP contribution in [0.15, 0.2) is 24.3 Å². The number of aliphatic hydroxyl groups is 2. The molecule has 2 unspecified atom stereocenters. The Bertz CT molecular complexity index is 508. The Morgan fingerprint density at radius 3 is 2.45 bits per heavy atom. The van der Waals surface area contributed by atoms with E-state index in [0.717, 1.165) is 0 Å². The van der Waals surface area contributed by atoms with Gasteiger partial charge < -0.3 is 15.1 Å². The Kier molecular flexibility index (Phi) is 3.48. The molecule has 1 aliphatic heterocycles. The monoisotopic (exact) mass is 279 g/mol. The van der Waals surface area contributed by atoms with E-state index in [2.05, 4.69) is 0 Å². The summed E-state index contributed by atoms with van der Waals surface area (Å²) in [6.07, 6.45) is -0.284. The molecular weight excluding hydrogens is 261 g/mol. The van der Waals surface area contributed by atoms with Crippen molar-refractivity contribution in [3.63, 3.8) is 0 Å². The van der Waals surface area contributed by atoms with E-state index in [4.69, 9.17) is 0 Å². The second-order valence-corrected chi connectivity index (χ2v) is 5.81. The number of amides is 1. The first kappa shape index (κ1) is 13.5. The number of likely N-dealkylation sites (tertiary alicyclic amines) is 1. The minimum atomic E-state index is -1.44. The minimum Gasteiger partial charge on any atom is -0.393 e. The first-order valence-electron chi connectivity index (χ1n) is 6.95. The molecule has 1 saturated heterocycles. The van der Waals surface area contributed by atoms with Crippen LogP contribution in [0.25, 0.3) is 0 Å². The molecule has 2 fully saturated rings. The Morgan fingerprint density at radius 2 is 1.85 bits per heavy atom. The SMILES string of the molecule is O=C(C(O)c1ccccc1F)N1C[C@H]2CC(O)C[C@H]2C1. The molecule has 1 aliphatic carbocycles. The topological polar surface area (TPSA) is 60.8 Å². The van der Waals surface area contributed by atoms with Crippen molar-refractivity contribution in [3.05, 3.63) is 35.6 Å². The predicted octanol–water partition coefficient (Wildman–Crippen LogP) is 1.09. The summed E-state index contributed by atoms with van der Waals surface area (Å²) in [6.45, 7) is 1.10. The summed E-state index contributed by atoms with van der Waals surface area (Å²) in [5.41, 5.74) is 0.0228. The Hall–Kier alpha value is -1.46. The minimum absolute atomic E-state index is 0.0228. The maximum atomic E-state index is 13.6. The smallest absolute Gasteiger partial charge is 0.256 e. The van der Waals surface area contributed by atoms with Crippen LogP contribution in [-0.4, -0.2) is 40.2 Å². The normalized spacial score (nSPS) is 30.4. The molecule has 0 spiro atoms. The molecule has 2 aliphatic rings. The highest BCUT2D eigenvalue weighted by Gasteiger charge is 2.43. The van der Waals surface area contributed by atoms with E-state index in [0.29, 0.717) is 37.8 Å². The van der Waals surface area contributed by atoms with Gasteiger partial charge in [0.15, 0.2) is 6.10 Å². The first-order chi connectivity index (χ1) is 9.56. The van der Waals surface area contributed by atoms with Gasteiger partial charge in [0.2, 0.25) is 0 Å². The van der Waals surface area contributed by atoms with Crippen LogP contribution in [0.3, 0.4) is 0 Å². The summed E-state index contributed by atoms with van der Waals surface area (Å²) in [7, 11) is 0. The molecule has 3 rings (SSSR count). The third kappa shape index (κ3) is 2.31. The van der Waals surface area contributed by atoms with E-state index in [1.807, 2.05) is 0 Å². The Labute approximate surface area is 116 Å². The fraction of sp³-hybridized carbons (Fsp3) is 0.533. The second kappa shape index (κ2) is 5.14. The van der Waals surface area contributed by atoms with Gasteiger partial charge >= 0.3 is 0 Å². The van der Waals surface area contributed by atoms with Crippen molar-refractivity contribution in [2.45, 2.75) is 25.0 Å². The maximum absolute atomic E-state index is 13.6. The van der Waals surface area contributed by atoms with Crippen molar-refractivity contribution < 1.29 is 19.4 Å². The first-order valence-corrected chi connectivity index (χ1v) is 6.95. The van der Waals surface area contributed by atoms with Crippen LogP contribution >= 0.6 is 0 Å². The van der Waals surface area contributed by atoms with E-state index < -0.39 is 17.8 Å². The second-order valence-electron chi connectivity index (χ2n) is 5.81. The van der Waals surface area contributed by atoms with Crippen LogP contribution in [0.2, 0.25) is 0 Å². The molecule has 1 aromatic rings. The molecule has 0 bridgehead atoms. The van der Waals surface area contributed by atoms with Gasteiger partial charge in [-0.2, -0.15) is 0 Å². The summed E-state index contributed by atoms with van der Waals surface area (Å²) in [5, 5.41) is 19.6. The lowest BCUT2D eigenvalue weighted by Crippen LogP contribution is -2.34. The summed E-state index contributed by atoms with van der Waals surface area (Å²) in [5.74, 6) is -0.398. The Balaban J connectivity index is 1.70. The third-order valence-electron chi connectivity index (χ3n) is 4.47. The lowest BCUT2D eigenvalue weighted by Gasteiger charge is -2.21. The van der Waals surface area contributed by atoms with E-state index in [1.54, 1.807) is 11.0 Å². The number of fused-ring (bicyclic) bond motifs is 1. The number of rotatable bonds is 2. The molecule has 108 valence electrons. The largest absolute Gasteiger partial charge is 0.393 e. The molecule has 0 aromatic heterocycles. The molecule has 4 atom stereocenters. The molecule has 1 heterocycles. The van der Waals surface area contributed by atoms with Crippen molar-refractivity contribution in [1.82, 2.24) is 4.90 Å². The fourth-order valence-corrected chi connectivity index (χ4v) is 3.45. The zero-order chi connectivity index (χ0) is 14.3. The molecule has 1 aromatic carbocycles. The predicted molar refractivity (Wildman–Crippen MR) is 70.2 cm³/mol. The number of nitrogens with zero attached hydrogens (tertiary/aromatic N) is 1. The highest BCUT2D eigenvalue weighted by molar-refractivity contribution is 5.82. The fourth-order valence-electron chi connectivity index (χ4n) is 3.45. The van der Waals surface area contributed by atoms with E-state index in [1.165, 1.54) is 18.2 Å². The average molecular weight is 279 g/mol. The van der Waals surface area contributed by atoms with Crippen LogP contribution in [0.1, 0.15) is 24.5 Å². The number of hydrogen-bond donors (Lipinski definition) is 2. The van der Waals surface area contributed by atoms with Gasteiger partial charge in [0.1, 0.15) is 5.82 Å². The van der Waals surface area contributed by atoms with Gasteiger partial charge in [0.05, 0.1) is 6.10 Å². The van der Waals surface area contributed by atoms with E-state index in [9.17, 15) is 19.4 Å². The Morgan fingerprint density at radius 1 is 1.25 bits per heavy atom. The van der Waals surface area contributed by atoms with Gasteiger partial charge in [-0.15, -0.1) is 0 Å². The summed E-state index contributed by atoms with van der Waals surface area (Å²) < 4.78 is 13.6. The number of hydrogen-bond acceptors (Lipinski definition) is 3. The van der Waals surface area contributed by atoms with Gasteiger partial charge in [0, 0.05) is 18.7 Å². The van der Waals surface area contributed by atoms with Gasteiger partial charge in [-0.05, 0) is 30.7 Å². The van der Waals surface area contributed by atoms with Gasteiger partial charge in [-0.25, -0.2) is 4.39 Å². The van der Waals surface area contributed by atoms with E-state index >= 15 is 0 Å². The number of halogens is 1. The average Bonchev–Trinajstić information content (AvgIpc) is 2.94. The van der Waals surface area contributed by atoms with Crippen molar-refractivity contribution >= 4 is 5.91 Å². The molecular formula is C15H18FNO3. The maximum Gasteiger partial charge on any atom is 0.256 e. The highest BCUT2D eigenvalue weighted by Crippen LogP contribution is 2.38. The number of aliphatic hydroxyl groups excluding tert-OH is 2. The van der Waals surface area contributed by atoms with Crippen molar-refractivity contribution in [1.29, 1.82) is 0 Å². The van der Waals surface area contributed by atoms with Crippen LogP contribution in [0, 0.1) is 17.7 Å². The van der Waals surface area contributed by atoms with Crippen LogP contribution in [-0.2, 0) is 4.79 Å². The van der Waals surface area contributed by atoms with Gasteiger partial charge in [-0.1, -0.05) is 18.2 Å². The molecule has 1 saturated carbocycles. The van der Waals surface area contributed by atoms with Gasteiger partial charge in [0.25, 0.3) is 5.91 Å². The summed E-state index contributed by atoms with van der Waals surface area (Å²) in [6, 6.07) is 5.79. The highest BCUT2D eigenvalue weighted by atomic mass is 19.1. The van der Waals surface area contributed by atoms with Crippen LogP contribution < -0.4 is 0 Å². The van der Waals surface area contributed by atoms with E-state index in [-0.39, 0.29) is 11.7 Å². The van der Waals surface area contributed by atoms with Gasteiger partial charge in [-0.3, -0.25) is 4.79 Å². The molecule has 0 radical (unpaired) electrons. The summed E-state index contributed by atoms with van der Waals surface area (Å²) >= 11 is 0. The molecule has 4 nitrogen and oxygen atoms in total. The van der Waals surface area contributed by atoms with Crippen LogP contribution in [0.5, 0.6) is 0 Å². The number of carbonyl (C=O) groups is 1. The van der Waals surface area contributed by atoms with Crippen molar-refractivity contribution in [3.8, 4) is 0 Å². The van der Waals surface area contributed by atoms with Crippen LogP contribution in [0.4, 0.5) is 4.39 Å². The molecule has 2 N–H and O–H groups in total. The molecule has 5 heteroatoms. The quantitative estimate of drug-likeness (QED) is 0.852. The lowest BCUT2D eigenvalue weighted by molar-refractivity contribution is -0.140. The van der Waals surface area contributed by atoms with Crippen molar-refractivity contribution in [2.24, 2.45) is 11.8 Å². The summed E-state index contributed by atoms with van der Waals surface area (Å²) in [4.78, 5) is 13.9. The molecule has 1 amide bonds. The number of benzene rings is 1. The zero-order valence-corrected chi connectivity index (χ0v) is 11.1. The molecule has 20 heavy (non-hydrogen) atoms.